The lowest BCUT2D eigenvalue weighted by Gasteiger charge is -2.08. The molecule has 0 aliphatic heterocycles. The second-order valence-corrected chi connectivity index (χ2v) is 9.43. The maximum Gasteiger partial charge on any atom is 0.191 e. The zero-order valence-corrected chi connectivity index (χ0v) is 17.3. The van der Waals surface area contributed by atoms with Crippen LogP contribution in [0.25, 0.3) is 0 Å². The summed E-state index contributed by atoms with van der Waals surface area (Å²) in [7, 11) is -3.45. The van der Waals surface area contributed by atoms with Crippen molar-refractivity contribution in [3.8, 4) is 0 Å². The minimum Gasteiger partial charge on any atom is -0.305 e. The average Bonchev–Trinajstić information content (AvgIpc) is 3.01. The van der Waals surface area contributed by atoms with Crippen molar-refractivity contribution in [1.82, 2.24) is 14.8 Å². The van der Waals surface area contributed by atoms with E-state index in [9.17, 15) is 8.42 Å². The highest BCUT2D eigenvalue weighted by molar-refractivity contribution is 7.98. The van der Waals surface area contributed by atoms with Crippen molar-refractivity contribution >= 4 is 21.6 Å². The first-order valence-electron chi connectivity index (χ1n) is 8.79. The quantitative estimate of drug-likeness (QED) is 0.556. The average molecular weight is 402 g/mol. The minimum atomic E-state index is -3.45. The summed E-state index contributed by atoms with van der Waals surface area (Å²) in [5, 5.41) is 9.13. The Bertz CT molecular complexity index is 1030. The van der Waals surface area contributed by atoms with Gasteiger partial charge in [-0.15, -0.1) is 10.2 Å². The van der Waals surface area contributed by atoms with E-state index in [2.05, 4.69) is 35.3 Å². The van der Waals surface area contributed by atoms with Gasteiger partial charge in [0.15, 0.2) is 15.0 Å². The van der Waals surface area contributed by atoms with Gasteiger partial charge in [-0.05, 0) is 38.5 Å². The lowest BCUT2D eigenvalue weighted by molar-refractivity contribution is 0.588. The third-order valence-electron chi connectivity index (χ3n) is 4.26. The van der Waals surface area contributed by atoms with Crippen molar-refractivity contribution in [1.29, 1.82) is 0 Å². The van der Waals surface area contributed by atoms with Crippen LogP contribution in [0.1, 0.15) is 29.4 Å². The molecular formula is C20H23N3O2S2. The highest BCUT2D eigenvalue weighted by Crippen LogP contribution is 2.24. The summed E-state index contributed by atoms with van der Waals surface area (Å²) in [5.74, 6) is 1.09. The molecule has 0 aliphatic carbocycles. The van der Waals surface area contributed by atoms with Crippen LogP contribution in [-0.2, 0) is 27.9 Å². The highest BCUT2D eigenvalue weighted by atomic mass is 32.2. The molecule has 0 aliphatic rings. The molecule has 0 fully saturated rings. The fraction of sp³-hybridized carbons (Fsp3) is 0.300. The number of hydrogen-bond acceptors (Lipinski definition) is 5. The van der Waals surface area contributed by atoms with E-state index >= 15 is 0 Å². The van der Waals surface area contributed by atoms with E-state index < -0.39 is 9.84 Å². The van der Waals surface area contributed by atoms with Gasteiger partial charge in [-0.1, -0.05) is 59.3 Å². The van der Waals surface area contributed by atoms with Crippen LogP contribution in [0.4, 0.5) is 0 Å². The van der Waals surface area contributed by atoms with Gasteiger partial charge >= 0.3 is 0 Å². The summed E-state index contributed by atoms with van der Waals surface area (Å²) in [6.45, 7) is 6.60. The van der Waals surface area contributed by atoms with E-state index in [-0.39, 0.29) is 5.75 Å². The zero-order chi connectivity index (χ0) is 19.4. The number of benzene rings is 2. The van der Waals surface area contributed by atoms with Crippen molar-refractivity contribution in [3.63, 3.8) is 0 Å². The molecule has 0 atom stereocenters. The Morgan fingerprint density at radius 1 is 1.00 bits per heavy atom. The molecular weight excluding hydrogens is 378 g/mol. The number of nitrogens with zero attached hydrogens (tertiary/aromatic N) is 3. The van der Waals surface area contributed by atoms with Crippen molar-refractivity contribution in [2.75, 3.05) is 0 Å². The maximum atomic E-state index is 12.7. The summed E-state index contributed by atoms with van der Waals surface area (Å²) in [6, 6.07) is 15.2. The number of aryl methyl sites for hydroxylation is 2. The van der Waals surface area contributed by atoms with Gasteiger partial charge < -0.3 is 4.57 Å². The Morgan fingerprint density at radius 3 is 2.41 bits per heavy atom. The van der Waals surface area contributed by atoms with E-state index in [0.29, 0.717) is 17.3 Å². The first-order chi connectivity index (χ1) is 12.9. The van der Waals surface area contributed by atoms with E-state index in [0.717, 1.165) is 16.5 Å². The third kappa shape index (κ3) is 4.78. The molecule has 0 unspecified atom stereocenters. The molecule has 0 spiro atoms. The lowest BCUT2D eigenvalue weighted by atomic mass is 10.2. The van der Waals surface area contributed by atoms with Gasteiger partial charge in [0.05, 0.1) is 4.90 Å². The third-order valence-corrected chi connectivity index (χ3v) is 6.93. The molecule has 0 saturated carbocycles. The largest absolute Gasteiger partial charge is 0.305 e. The molecule has 3 rings (SSSR count). The van der Waals surface area contributed by atoms with Crippen LogP contribution in [0.3, 0.4) is 0 Å². The van der Waals surface area contributed by atoms with Gasteiger partial charge in [-0.3, -0.25) is 0 Å². The van der Waals surface area contributed by atoms with E-state index in [4.69, 9.17) is 0 Å². The van der Waals surface area contributed by atoms with Crippen molar-refractivity contribution in [2.45, 2.75) is 48.9 Å². The molecule has 5 nitrogen and oxygen atoms in total. The van der Waals surface area contributed by atoms with Crippen LogP contribution in [-0.4, -0.2) is 23.2 Å². The Balaban J connectivity index is 1.78. The van der Waals surface area contributed by atoms with Gasteiger partial charge in [0.2, 0.25) is 0 Å². The molecule has 3 aromatic rings. The molecule has 27 heavy (non-hydrogen) atoms. The van der Waals surface area contributed by atoms with Gasteiger partial charge in [-0.2, -0.15) is 0 Å². The fourth-order valence-electron chi connectivity index (χ4n) is 2.80. The topological polar surface area (TPSA) is 64.8 Å². The van der Waals surface area contributed by atoms with E-state index in [1.807, 2.05) is 24.5 Å². The number of rotatable bonds is 7. The lowest BCUT2D eigenvalue weighted by Crippen LogP contribution is -2.11. The van der Waals surface area contributed by atoms with Crippen LogP contribution in [0, 0.1) is 13.8 Å². The molecule has 7 heteroatoms. The van der Waals surface area contributed by atoms with E-state index in [1.54, 1.807) is 36.0 Å². The Morgan fingerprint density at radius 2 is 1.74 bits per heavy atom. The van der Waals surface area contributed by atoms with Gasteiger partial charge in [0.25, 0.3) is 0 Å². The summed E-state index contributed by atoms with van der Waals surface area (Å²) in [4.78, 5) is 0.313. The first-order valence-corrected chi connectivity index (χ1v) is 11.4. The van der Waals surface area contributed by atoms with Crippen molar-refractivity contribution < 1.29 is 8.42 Å². The number of aromatic nitrogens is 3. The van der Waals surface area contributed by atoms with Gasteiger partial charge in [0.1, 0.15) is 11.6 Å². The molecule has 1 aromatic heterocycles. The highest BCUT2D eigenvalue weighted by Gasteiger charge is 2.21. The number of thioether (sulfide) groups is 1. The molecule has 0 radical (unpaired) electrons. The standard InChI is InChI=1S/C20H23N3O2S2/c1-4-23-19(14-27(24,25)18-10-8-15(2)9-11-18)21-22-20(23)26-13-17-7-5-6-16(3)12-17/h5-12H,4,13-14H2,1-3H3. The van der Waals surface area contributed by atoms with Gasteiger partial charge in [-0.25, -0.2) is 8.42 Å². The summed E-state index contributed by atoms with van der Waals surface area (Å²) >= 11 is 1.57. The molecule has 0 bridgehead atoms. The maximum absolute atomic E-state index is 12.7. The zero-order valence-electron chi connectivity index (χ0n) is 15.7. The fourth-order valence-corrected chi connectivity index (χ4v) is 5.03. The molecule has 0 amide bonds. The Hall–Kier alpha value is -2.12. The van der Waals surface area contributed by atoms with Crippen molar-refractivity contribution in [2.24, 2.45) is 0 Å². The van der Waals surface area contributed by atoms with Crippen molar-refractivity contribution in [3.05, 3.63) is 71.0 Å². The SMILES string of the molecule is CCn1c(CS(=O)(=O)c2ccc(C)cc2)nnc1SCc1cccc(C)c1. The summed E-state index contributed by atoms with van der Waals surface area (Å²) < 4.78 is 27.3. The molecule has 0 N–H and O–H groups in total. The predicted octanol–water partition coefficient (Wildman–Crippen LogP) is 4.18. The van der Waals surface area contributed by atoms with Crippen LogP contribution in [0.15, 0.2) is 58.6 Å². The van der Waals surface area contributed by atoms with Crippen LogP contribution >= 0.6 is 11.8 Å². The second-order valence-electron chi connectivity index (χ2n) is 6.49. The predicted molar refractivity (Wildman–Crippen MR) is 109 cm³/mol. The van der Waals surface area contributed by atoms with E-state index in [1.165, 1.54) is 11.1 Å². The normalized spacial score (nSPS) is 11.7. The number of sulfone groups is 1. The first kappa shape index (κ1) is 19.6. The van der Waals surface area contributed by atoms with Crippen LogP contribution < -0.4 is 0 Å². The Labute approximate surface area is 164 Å². The molecule has 0 saturated heterocycles. The summed E-state index contributed by atoms with van der Waals surface area (Å²) in [6.07, 6.45) is 0. The Kier molecular flexibility index (Phi) is 6.01. The molecule has 2 aromatic carbocycles. The summed E-state index contributed by atoms with van der Waals surface area (Å²) in [5.41, 5.74) is 3.45. The van der Waals surface area contributed by atoms with Crippen LogP contribution in [0.5, 0.6) is 0 Å². The molecule has 142 valence electrons. The minimum absolute atomic E-state index is 0.151. The van der Waals surface area contributed by atoms with Crippen LogP contribution in [0.2, 0.25) is 0 Å². The van der Waals surface area contributed by atoms with Gasteiger partial charge in [0, 0.05) is 12.3 Å². The smallest absolute Gasteiger partial charge is 0.191 e. The monoisotopic (exact) mass is 401 g/mol. The molecule has 1 heterocycles. The second kappa shape index (κ2) is 8.27. The number of hydrogen-bond donors (Lipinski definition) is 0.